The van der Waals surface area contributed by atoms with Gasteiger partial charge in [0.25, 0.3) is 0 Å². The molecule has 4 aromatic carbocycles. The van der Waals surface area contributed by atoms with Crippen molar-refractivity contribution < 1.29 is 52.5 Å². The van der Waals surface area contributed by atoms with Gasteiger partial charge in [-0.2, -0.15) is 0 Å². The highest BCUT2D eigenvalue weighted by Gasteiger charge is 2.56. The van der Waals surface area contributed by atoms with Crippen LogP contribution >= 0.6 is 0 Å². The Morgan fingerprint density at radius 2 is 1.10 bits per heavy atom. The first-order valence-corrected chi connectivity index (χ1v) is 22.5. The number of aliphatic hydroxyl groups excluding tert-OH is 1. The van der Waals surface area contributed by atoms with Crippen LogP contribution in [0.2, 0.25) is 0 Å². The summed E-state index contributed by atoms with van der Waals surface area (Å²) in [7, 11) is 0. The summed E-state index contributed by atoms with van der Waals surface area (Å²) in [6, 6.07) is 40.0. The Morgan fingerprint density at radius 1 is 0.532 bits per heavy atom. The van der Waals surface area contributed by atoms with Gasteiger partial charge in [-0.25, -0.2) is 0 Å². The molecule has 4 saturated heterocycles. The summed E-state index contributed by atoms with van der Waals surface area (Å²) >= 11 is 0. The normalized spacial score (nSPS) is 36.2. The third kappa shape index (κ3) is 10.7. The van der Waals surface area contributed by atoms with Crippen molar-refractivity contribution in [3.05, 3.63) is 144 Å². The van der Waals surface area contributed by atoms with Gasteiger partial charge in [-0.3, -0.25) is 0 Å². The lowest BCUT2D eigenvalue weighted by Gasteiger charge is -2.52. The van der Waals surface area contributed by atoms with Gasteiger partial charge in [-0.1, -0.05) is 156 Å². The minimum Gasteiger partial charge on any atom is -0.388 e. The number of benzene rings is 4. The van der Waals surface area contributed by atoms with E-state index in [1.54, 1.807) is 0 Å². The van der Waals surface area contributed by atoms with Crippen LogP contribution in [-0.2, 0) is 67.2 Å². The molecule has 11 heteroatoms. The van der Waals surface area contributed by atoms with Crippen molar-refractivity contribution >= 4 is 0 Å². The fraction of sp³-hybridized carbons (Fsp3) is 0.529. The summed E-state index contributed by atoms with van der Waals surface area (Å²) in [4.78, 5) is 0. The van der Waals surface area contributed by atoms with Crippen LogP contribution in [0.1, 0.15) is 69.6 Å². The Hall–Kier alpha value is -3.56. The van der Waals surface area contributed by atoms with Crippen molar-refractivity contribution in [2.24, 2.45) is 23.7 Å². The largest absolute Gasteiger partial charge is 0.388 e. The van der Waals surface area contributed by atoms with Crippen LogP contribution in [0.4, 0.5) is 0 Å². The fourth-order valence-electron chi connectivity index (χ4n) is 9.11. The van der Waals surface area contributed by atoms with Crippen molar-refractivity contribution in [1.29, 1.82) is 0 Å². The zero-order valence-electron chi connectivity index (χ0n) is 36.6. The van der Waals surface area contributed by atoms with Gasteiger partial charge in [0.05, 0.1) is 45.2 Å². The van der Waals surface area contributed by atoms with E-state index in [4.69, 9.17) is 47.4 Å². The maximum Gasteiger partial charge on any atom is 0.187 e. The minimum atomic E-state index is -0.967. The number of ether oxygens (including phenoxy) is 10. The second-order valence-electron chi connectivity index (χ2n) is 17.4. The molecule has 0 spiro atoms. The first kappa shape index (κ1) is 45.0. The van der Waals surface area contributed by atoms with Gasteiger partial charge in [0.15, 0.2) is 25.2 Å². The monoisotopic (exact) mass is 852 g/mol. The third-order valence-corrected chi connectivity index (χ3v) is 13.3. The summed E-state index contributed by atoms with van der Waals surface area (Å²) in [6.45, 7) is 12.1. The summed E-state index contributed by atoms with van der Waals surface area (Å²) in [5.74, 6) is -0.0677. The molecule has 4 heterocycles. The van der Waals surface area contributed by atoms with Gasteiger partial charge in [-0.15, -0.1) is 0 Å². The number of hydrogen-bond donors (Lipinski definition) is 1. The number of hydrogen-bond acceptors (Lipinski definition) is 11. The number of fused-ring (bicyclic) bond motifs is 1. The standard InChI is InChI=1S/C51H64O11/c1-6-40-32(2)33(3)43(52)50(57-40)62-46-45-42(31-56-49(61-45)39-25-17-10-18-26-39)59-51(47(46)54-28-37-21-13-8-14-22-37)60-44-34(4)35(5)48(55-29-38-23-15-9-16-24-38)58-41(44)30-53-27-36-19-11-7-12-20-36/h7-26,32-35,40-52H,6,27-31H2,1-5H3/t32-,33?,34-,35?,40?,41?,42?,43+,44+,45-,46+,47?,48-,49?,50+,51+/m1/s1. The summed E-state index contributed by atoms with van der Waals surface area (Å²) in [5, 5.41) is 11.7. The van der Waals surface area contributed by atoms with E-state index < -0.39 is 67.9 Å². The average Bonchev–Trinajstić information content (AvgIpc) is 3.31. The molecule has 4 aromatic rings. The molecule has 0 aliphatic carbocycles. The van der Waals surface area contributed by atoms with Crippen molar-refractivity contribution in [3.8, 4) is 0 Å². The van der Waals surface area contributed by atoms with E-state index in [0.29, 0.717) is 13.2 Å². The predicted octanol–water partition coefficient (Wildman–Crippen LogP) is 8.38. The lowest BCUT2D eigenvalue weighted by molar-refractivity contribution is -0.405. The quantitative estimate of drug-likeness (QED) is 0.117. The van der Waals surface area contributed by atoms with E-state index in [-0.39, 0.29) is 49.6 Å². The maximum atomic E-state index is 11.7. The van der Waals surface area contributed by atoms with Crippen LogP contribution < -0.4 is 0 Å². The second-order valence-corrected chi connectivity index (χ2v) is 17.4. The van der Waals surface area contributed by atoms with Gasteiger partial charge in [0.1, 0.15) is 36.6 Å². The summed E-state index contributed by atoms with van der Waals surface area (Å²) in [6.07, 6.45) is -7.26. The van der Waals surface area contributed by atoms with E-state index >= 15 is 0 Å². The molecule has 7 unspecified atom stereocenters. The molecule has 4 aliphatic heterocycles. The molecule has 8 rings (SSSR count). The van der Waals surface area contributed by atoms with Crippen molar-refractivity contribution in [1.82, 2.24) is 0 Å². The number of rotatable bonds is 16. The van der Waals surface area contributed by atoms with Crippen LogP contribution in [0, 0.1) is 23.7 Å². The fourth-order valence-corrected chi connectivity index (χ4v) is 9.11. The lowest BCUT2D eigenvalue weighted by atomic mass is 9.82. The van der Waals surface area contributed by atoms with Crippen LogP contribution in [0.3, 0.4) is 0 Å². The van der Waals surface area contributed by atoms with Gasteiger partial charge in [0, 0.05) is 11.5 Å². The zero-order chi connectivity index (χ0) is 43.0. The van der Waals surface area contributed by atoms with Crippen LogP contribution in [0.5, 0.6) is 0 Å². The summed E-state index contributed by atoms with van der Waals surface area (Å²) in [5.41, 5.74) is 3.96. The molecule has 0 amide bonds. The second kappa shape index (κ2) is 21.4. The molecular weight excluding hydrogens is 789 g/mol. The highest BCUT2D eigenvalue weighted by molar-refractivity contribution is 5.18. The van der Waals surface area contributed by atoms with Crippen molar-refractivity contribution in [2.75, 3.05) is 13.2 Å². The first-order valence-electron chi connectivity index (χ1n) is 22.5. The molecule has 4 fully saturated rings. The minimum absolute atomic E-state index is 0.0608. The van der Waals surface area contributed by atoms with E-state index in [0.717, 1.165) is 28.7 Å². The smallest absolute Gasteiger partial charge is 0.187 e. The molecule has 0 saturated carbocycles. The average molecular weight is 853 g/mol. The SMILES string of the molecule is CCC1O[C@@H](O[C@@H]2C(OCc3ccccc3)[C@H](O[C@@H]3C(COCc4ccccc4)O[C@@H](OCc4ccccc4)C(C)[C@H]3C)OC3COC(c4ccccc4)O[C@H]32)[C@@H](O)C(C)[C@H]1C. The Kier molecular flexibility index (Phi) is 15.5. The van der Waals surface area contributed by atoms with E-state index in [9.17, 15) is 5.11 Å². The van der Waals surface area contributed by atoms with Gasteiger partial charge < -0.3 is 52.5 Å². The highest BCUT2D eigenvalue weighted by atomic mass is 16.8. The van der Waals surface area contributed by atoms with Crippen molar-refractivity contribution in [3.63, 3.8) is 0 Å². The maximum absolute atomic E-state index is 11.7. The third-order valence-electron chi connectivity index (χ3n) is 13.3. The highest BCUT2D eigenvalue weighted by Crippen LogP contribution is 2.42. The predicted molar refractivity (Wildman–Crippen MR) is 231 cm³/mol. The Morgan fingerprint density at radius 3 is 1.73 bits per heavy atom. The molecule has 16 atom stereocenters. The summed E-state index contributed by atoms with van der Waals surface area (Å²) < 4.78 is 67.5. The van der Waals surface area contributed by atoms with Crippen LogP contribution in [-0.4, -0.2) is 86.0 Å². The molecular formula is C51H64O11. The van der Waals surface area contributed by atoms with E-state index in [1.807, 2.05) is 121 Å². The molecule has 0 radical (unpaired) electrons. The van der Waals surface area contributed by atoms with Crippen LogP contribution in [0.25, 0.3) is 0 Å². The Bertz CT molecular complexity index is 1900. The molecule has 11 nitrogen and oxygen atoms in total. The molecule has 4 aliphatic rings. The number of aliphatic hydroxyl groups is 1. The Balaban J connectivity index is 1.11. The molecule has 0 aromatic heterocycles. The lowest BCUT2D eigenvalue weighted by Crippen LogP contribution is -2.66. The van der Waals surface area contributed by atoms with Gasteiger partial charge in [-0.05, 0) is 40.9 Å². The van der Waals surface area contributed by atoms with E-state index in [2.05, 4.69) is 34.6 Å². The molecule has 0 bridgehead atoms. The molecule has 62 heavy (non-hydrogen) atoms. The molecule has 334 valence electrons. The zero-order valence-corrected chi connectivity index (χ0v) is 36.6. The first-order chi connectivity index (χ1) is 30.3. The van der Waals surface area contributed by atoms with Gasteiger partial charge in [0.2, 0.25) is 0 Å². The van der Waals surface area contributed by atoms with Crippen molar-refractivity contribution in [2.45, 2.75) is 135 Å². The van der Waals surface area contributed by atoms with E-state index in [1.165, 1.54) is 0 Å². The topological polar surface area (TPSA) is 113 Å². The van der Waals surface area contributed by atoms with Crippen LogP contribution in [0.15, 0.2) is 121 Å². The van der Waals surface area contributed by atoms with Gasteiger partial charge >= 0.3 is 0 Å². The molecule has 1 N–H and O–H groups in total. The Labute approximate surface area is 366 Å².